The molecule has 16 heavy (non-hydrogen) atoms. The van der Waals surface area contributed by atoms with Crippen LogP contribution in [-0.4, -0.2) is 21.1 Å². The molecular weight excluding hydrogens is 224 g/mol. The number of halogens is 1. The van der Waals surface area contributed by atoms with Crippen molar-refractivity contribution >= 4 is 23.2 Å². The van der Waals surface area contributed by atoms with E-state index in [0.29, 0.717) is 16.9 Å². The number of pyridine rings is 1. The summed E-state index contributed by atoms with van der Waals surface area (Å²) in [6, 6.07) is 3.66. The van der Waals surface area contributed by atoms with Gasteiger partial charge >= 0.3 is 0 Å². The molecule has 4 nitrogen and oxygen atoms in total. The van der Waals surface area contributed by atoms with Crippen LogP contribution in [0.25, 0.3) is 5.65 Å². The third-order valence-electron chi connectivity index (χ3n) is 2.30. The van der Waals surface area contributed by atoms with Gasteiger partial charge in [-0.05, 0) is 24.5 Å². The van der Waals surface area contributed by atoms with Crippen molar-refractivity contribution in [3.63, 3.8) is 0 Å². The van der Waals surface area contributed by atoms with Crippen LogP contribution in [0.1, 0.15) is 20.3 Å². The van der Waals surface area contributed by atoms with E-state index in [2.05, 4.69) is 29.2 Å². The lowest BCUT2D eigenvalue weighted by Crippen LogP contribution is -2.05. The summed E-state index contributed by atoms with van der Waals surface area (Å²) in [5.74, 6) is 1.34. The average molecular weight is 239 g/mol. The zero-order valence-electron chi connectivity index (χ0n) is 9.44. The highest BCUT2D eigenvalue weighted by molar-refractivity contribution is 6.30. The number of nitrogens with one attached hydrogen (secondary N) is 1. The van der Waals surface area contributed by atoms with Crippen LogP contribution in [0.5, 0.6) is 0 Å². The molecule has 2 aromatic rings. The second-order valence-corrected chi connectivity index (χ2v) is 4.63. The predicted molar refractivity (Wildman–Crippen MR) is 65.9 cm³/mol. The van der Waals surface area contributed by atoms with Crippen molar-refractivity contribution in [3.05, 3.63) is 23.4 Å². The summed E-state index contributed by atoms with van der Waals surface area (Å²) in [4.78, 5) is 4.33. The van der Waals surface area contributed by atoms with Gasteiger partial charge in [0.25, 0.3) is 0 Å². The molecule has 2 heterocycles. The van der Waals surface area contributed by atoms with Gasteiger partial charge in [0.1, 0.15) is 0 Å². The van der Waals surface area contributed by atoms with Gasteiger partial charge in [0.2, 0.25) is 5.95 Å². The monoisotopic (exact) mass is 238 g/mol. The molecule has 0 saturated heterocycles. The van der Waals surface area contributed by atoms with E-state index in [0.717, 1.165) is 18.6 Å². The topological polar surface area (TPSA) is 42.2 Å². The molecule has 0 aromatic carbocycles. The van der Waals surface area contributed by atoms with Crippen molar-refractivity contribution in [2.45, 2.75) is 20.3 Å². The van der Waals surface area contributed by atoms with E-state index in [1.807, 2.05) is 12.1 Å². The quantitative estimate of drug-likeness (QED) is 0.891. The van der Waals surface area contributed by atoms with Crippen LogP contribution in [0.2, 0.25) is 5.02 Å². The minimum absolute atomic E-state index is 0.655. The normalized spacial score (nSPS) is 11.2. The zero-order chi connectivity index (χ0) is 11.5. The minimum Gasteiger partial charge on any atom is -0.353 e. The molecule has 0 spiro atoms. The van der Waals surface area contributed by atoms with Crippen molar-refractivity contribution in [3.8, 4) is 0 Å². The van der Waals surface area contributed by atoms with Gasteiger partial charge in [-0.2, -0.15) is 4.98 Å². The third kappa shape index (κ3) is 2.64. The summed E-state index contributed by atoms with van der Waals surface area (Å²) in [6.07, 6.45) is 2.85. The molecular formula is C11H15ClN4. The van der Waals surface area contributed by atoms with Crippen molar-refractivity contribution in [1.29, 1.82) is 0 Å². The number of hydrogen-bond donors (Lipinski definition) is 1. The largest absolute Gasteiger partial charge is 0.353 e. The van der Waals surface area contributed by atoms with Gasteiger partial charge in [0.15, 0.2) is 5.65 Å². The molecule has 0 saturated carbocycles. The second kappa shape index (κ2) is 4.70. The Morgan fingerprint density at radius 3 is 3.00 bits per heavy atom. The molecule has 0 aliphatic rings. The first kappa shape index (κ1) is 11.2. The zero-order valence-corrected chi connectivity index (χ0v) is 10.2. The Kier molecular flexibility index (Phi) is 3.29. The number of anilines is 1. The summed E-state index contributed by atoms with van der Waals surface area (Å²) in [7, 11) is 0. The lowest BCUT2D eigenvalue weighted by molar-refractivity contribution is 0.606. The number of aromatic nitrogens is 3. The molecule has 86 valence electrons. The summed E-state index contributed by atoms with van der Waals surface area (Å²) >= 11 is 5.86. The van der Waals surface area contributed by atoms with Gasteiger partial charge < -0.3 is 5.32 Å². The van der Waals surface area contributed by atoms with Crippen molar-refractivity contribution in [2.75, 3.05) is 11.9 Å². The predicted octanol–water partition coefficient (Wildman–Crippen LogP) is 2.84. The van der Waals surface area contributed by atoms with Crippen molar-refractivity contribution in [1.82, 2.24) is 14.6 Å². The molecule has 0 amide bonds. The number of fused-ring (bicyclic) bond motifs is 1. The minimum atomic E-state index is 0.655. The number of nitrogens with zero attached hydrogens (tertiary/aromatic N) is 3. The SMILES string of the molecule is CC(C)CCNc1nc2ccc(Cl)cn2n1. The molecule has 0 bridgehead atoms. The van der Waals surface area contributed by atoms with Gasteiger partial charge in [0.05, 0.1) is 5.02 Å². The Bertz CT molecular complexity index is 478. The van der Waals surface area contributed by atoms with Crippen LogP contribution in [-0.2, 0) is 0 Å². The first-order valence-electron chi connectivity index (χ1n) is 5.41. The fourth-order valence-corrected chi connectivity index (χ4v) is 1.56. The molecule has 2 aromatic heterocycles. The van der Waals surface area contributed by atoms with Gasteiger partial charge in [0, 0.05) is 12.7 Å². The molecule has 5 heteroatoms. The fraction of sp³-hybridized carbons (Fsp3) is 0.455. The average Bonchev–Trinajstić information content (AvgIpc) is 2.58. The lowest BCUT2D eigenvalue weighted by Gasteiger charge is -2.03. The highest BCUT2D eigenvalue weighted by Gasteiger charge is 2.03. The van der Waals surface area contributed by atoms with E-state index < -0.39 is 0 Å². The van der Waals surface area contributed by atoms with E-state index in [4.69, 9.17) is 11.6 Å². The van der Waals surface area contributed by atoms with E-state index >= 15 is 0 Å². The maximum atomic E-state index is 5.86. The first-order chi connectivity index (χ1) is 7.65. The summed E-state index contributed by atoms with van der Waals surface area (Å²) < 4.78 is 1.68. The summed E-state index contributed by atoms with van der Waals surface area (Å²) in [5.41, 5.74) is 0.802. The Balaban J connectivity index is 2.08. The second-order valence-electron chi connectivity index (χ2n) is 4.19. The summed E-state index contributed by atoms with van der Waals surface area (Å²) in [5, 5.41) is 8.14. The Hall–Kier alpha value is -1.29. The lowest BCUT2D eigenvalue weighted by atomic mass is 10.1. The van der Waals surface area contributed by atoms with Gasteiger partial charge in [-0.3, -0.25) is 0 Å². The molecule has 0 fully saturated rings. The van der Waals surface area contributed by atoms with Crippen LogP contribution >= 0.6 is 11.6 Å². The molecule has 0 atom stereocenters. The Labute approximate surface area is 99.6 Å². The standard InChI is InChI=1S/C11H15ClN4/c1-8(2)5-6-13-11-14-10-4-3-9(12)7-16(10)15-11/h3-4,7-8H,5-6H2,1-2H3,(H,13,15). The third-order valence-corrected chi connectivity index (χ3v) is 2.52. The van der Waals surface area contributed by atoms with Gasteiger partial charge in [-0.1, -0.05) is 25.4 Å². The first-order valence-corrected chi connectivity index (χ1v) is 5.79. The van der Waals surface area contributed by atoms with Crippen molar-refractivity contribution in [2.24, 2.45) is 5.92 Å². The van der Waals surface area contributed by atoms with E-state index in [9.17, 15) is 0 Å². The van der Waals surface area contributed by atoms with Gasteiger partial charge in [-0.15, -0.1) is 5.10 Å². The van der Waals surface area contributed by atoms with Gasteiger partial charge in [-0.25, -0.2) is 4.52 Å². The van der Waals surface area contributed by atoms with Crippen LogP contribution in [0.15, 0.2) is 18.3 Å². The highest BCUT2D eigenvalue weighted by atomic mass is 35.5. The van der Waals surface area contributed by atoms with E-state index in [-0.39, 0.29) is 0 Å². The Morgan fingerprint density at radius 1 is 1.44 bits per heavy atom. The van der Waals surface area contributed by atoms with E-state index in [1.165, 1.54) is 0 Å². The maximum Gasteiger partial charge on any atom is 0.243 e. The summed E-state index contributed by atoms with van der Waals surface area (Å²) in [6.45, 7) is 5.28. The maximum absolute atomic E-state index is 5.86. The van der Waals surface area contributed by atoms with Crippen LogP contribution < -0.4 is 5.32 Å². The van der Waals surface area contributed by atoms with E-state index in [1.54, 1.807) is 10.7 Å². The molecule has 0 aliphatic heterocycles. The molecule has 1 N–H and O–H groups in total. The Morgan fingerprint density at radius 2 is 2.25 bits per heavy atom. The number of hydrogen-bond acceptors (Lipinski definition) is 3. The molecule has 0 radical (unpaired) electrons. The van der Waals surface area contributed by atoms with Crippen LogP contribution in [0.4, 0.5) is 5.95 Å². The molecule has 0 aliphatic carbocycles. The highest BCUT2D eigenvalue weighted by Crippen LogP contribution is 2.11. The van der Waals surface area contributed by atoms with Crippen LogP contribution in [0.3, 0.4) is 0 Å². The molecule has 2 rings (SSSR count). The molecule has 0 unspecified atom stereocenters. The fourth-order valence-electron chi connectivity index (χ4n) is 1.41. The smallest absolute Gasteiger partial charge is 0.243 e. The van der Waals surface area contributed by atoms with Crippen LogP contribution in [0, 0.1) is 5.92 Å². The number of rotatable bonds is 4. The van der Waals surface area contributed by atoms with Crippen molar-refractivity contribution < 1.29 is 0 Å².